The van der Waals surface area contributed by atoms with E-state index in [-0.39, 0.29) is 0 Å². The van der Waals surface area contributed by atoms with Gasteiger partial charge in [-0.05, 0) is 55.0 Å². The van der Waals surface area contributed by atoms with E-state index in [0.717, 1.165) is 5.56 Å². The molecule has 0 spiro atoms. The molecule has 5 heteroatoms. The minimum absolute atomic E-state index is 0.298. The van der Waals surface area contributed by atoms with Gasteiger partial charge in [0.05, 0.1) is 6.20 Å². The Morgan fingerprint density at radius 1 is 1.04 bits per heavy atom. The fraction of sp³-hybridized carbons (Fsp3) is 0.389. The third-order valence-electron chi connectivity index (χ3n) is 4.47. The van der Waals surface area contributed by atoms with Gasteiger partial charge in [0.15, 0.2) is 0 Å². The fourth-order valence-corrected chi connectivity index (χ4v) is 4.22. The van der Waals surface area contributed by atoms with Crippen LogP contribution in [0.25, 0.3) is 0 Å². The molecule has 3 rings (SSSR count). The zero-order valence-electron chi connectivity index (χ0n) is 13.4. The summed E-state index contributed by atoms with van der Waals surface area (Å²) in [5, 5.41) is 0. The Bertz CT molecular complexity index is 764. The third-order valence-corrected chi connectivity index (χ3v) is 5.85. The molecule has 0 amide bonds. The Kier molecular flexibility index (Phi) is 4.66. The first-order chi connectivity index (χ1) is 11.0. The molecule has 0 aliphatic heterocycles. The van der Waals surface area contributed by atoms with Crippen LogP contribution < -0.4 is 9.71 Å². The smallest absolute Gasteiger partial charge is 0.247 e. The topological polar surface area (TPSA) is 60.3 Å². The van der Waals surface area contributed by atoms with Crippen molar-refractivity contribution in [3.05, 3.63) is 53.7 Å². The van der Waals surface area contributed by atoms with Gasteiger partial charge in [-0.15, -0.1) is 0 Å². The molecule has 1 aliphatic rings. The molecule has 2 N–H and O–H groups in total. The molecule has 2 aromatic rings. The maximum absolute atomic E-state index is 12.5. The van der Waals surface area contributed by atoms with Crippen molar-refractivity contribution in [1.82, 2.24) is 0 Å². The second kappa shape index (κ2) is 6.71. The van der Waals surface area contributed by atoms with Crippen LogP contribution in [-0.4, -0.2) is 8.42 Å². The van der Waals surface area contributed by atoms with Crippen molar-refractivity contribution in [2.45, 2.75) is 49.8 Å². The van der Waals surface area contributed by atoms with Crippen molar-refractivity contribution in [2.75, 3.05) is 4.72 Å². The molecule has 0 radical (unpaired) electrons. The van der Waals surface area contributed by atoms with E-state index in [1.165, 1.54) is 37.7 Å². The van der Waals surface area contributed by atoms with Crippen LogP contribution in [0, 0.1) is 6.92 Å². The van der Waals surface area contributed by atoms with Crippen molar-refractivity contribution >= 4 is 15.8 Å². The normalized spacial score (nSPS) is 16.2. The molecule has 23 heavy (non-hydrogen) atoms. The fourth-order valence-electron chi connectivity index (χ4n) is 3.20. The second-order valence-electron chi connectivity index (χ2n) is 6.29. The Morgan fingerprint density at radius 2 is 1.74 bits per heavy atom. The average molecular weight is 331 g/mol. The van der Waals surface area contributed by atoms with Crippen LogP contribution in [0.3, 0.4) is 0 Å². The van der Waals surface area contributed by atoms with Gasteiger partial charge in [-0.1, -0.05) is 31.4 Å². The number of aromatic amines is 1. The molecule has 1 heterocycles. The van der Waals surface area contributed by atoms with E-state index in [9.17, 15) is 8.42 Å². The maximum Gasteiger partial charge on any atom is 0.328 e. The number of pyridine rings is 1. The molecule has 1 aromatic carbocycles. The minimum Gasteiger partial charge on any atom is -0.247 e. The van der Waals surface area contributed by atoms with Gasteiger partial charge in [-0.3, -0.25) is 0 Å². The van der Waals surface area contributed by atoms with Gasteiger partial charge in [0.1, 0.15) is 4.90 Å². The van der Waals surface area contributed by atoms with Gasteiger partial charge >= 0.3 is 10.0 Å². The summed E-state index contributed by atoms with van der Waals surface area (Å²) in [6, 6.07) is 11.0. The number of nitrogens with one attached hydrogen (secondary N) is 2. The molecule has 1 aromatic heterocycles. The molecule has 0 atom stereocenters. The number of aryl methyl sites for hydroxylation is 1. The lowest BCUT2D eigenvalue weighted by Gasteiger charge is -2.21. The van der Waals surface area contributed by atoms with Gasteiger partial charge in [0.2, 0.25) is 0 Å². The standard InChI is InChI=1S/C18H22N2O2S/c1-14-11-12-19-18(13-14)20-23(21,22)17-9-7-16(8-10-17)15-5-3-2-4-6-15/h7-13,15H,2-6H2,1H3,(H,19,20)/p+1. The number of H-pyrrole nitrogens is 1. The van der Waals surface area contributed by atoms with Crippen LogP contribution in [0.4, 0.5) is 5.82 Å². The number of aromatic nitrogens is 1. The summed E-state index contributed by atoms with van der Waals surface area (Å²) < 4.78 is 27.5. The number of sulfonamides is 1. The van der Waals surface area contributed by atoms with Crippen LogP contribution in [0.1, 0.15) is 49.1 Å². The SMILES string of the molecule is Cc1cc[nH+]c(NS(=O)(=O)c2ccc(C3CCCCC3)cc2)c1. The van der Waals surface area contributed by atoms with Crippen LogP contribution in [-0.2, 0) is 10.0 Å². The summed E-state index contributed by atoms with van der Waals surface area (Å²) in [6.07, 6.45) is 8.01. The predicted octanol–water partition coefficient (Wildman–Crippen LogP) is 3.66. The lowest BCUT2D eigenvalue weighted by Crippen LogP contribution is -2.19. The largest absolute Gasteiger partial charge is 0.328 e. The van der Waals surface area contributed by atoms with E-state index in [4.69, 9.17) is 0 Å². The average Bonchev–Trinajstić information content (AvgIpc) is 2.55. The Morgan fingerprint density at radius 3 is 2.39 bits per heavy atom. The van der Waals surface area contributed by atoms with E-state index >= 15 is 0 Å². The molecular weight excluding hydrogens is 308 g/mol. The number of hydrogen-bond donors (Lipinski definition) is 1. The molecule has 1 saturated carbocycles. The Hall–Kier alpha value is -1.88. The Labute approximate surface area is 138 Å². The van der Waals surface area contributed by atoms with Gasteiger partial charge in [-0.25, -0.2) is 4.98 Å². The van der Waals surface area contributed by atoms with Crippen LogP contribution in [0.5, 0.6) is 0 Å². The zero-order chi connectivity index (χ0) is 16.3. The molecule has 4 nitrogen and oxygen atoms in total. The van der Waals surface area contributed by atoms with Crippen molar-refractivity contribution in [2.24, 2.45) is 0 Å². The van der Waals surface area contributed by atoms with Crippen LogP contribution in [0.2, 0.25) is 0 Å². The quantitative estimate of drug-likeness (QED) is 0.929. The summed E-state index contributed by atoms with van der Waals surface area (Å²) in [5.74, 6) is 1.06. The molecule has 122 valence electrons. The van der Waals surface area contributed by atoms with Crippen molar-refractivity contribution < 1.29 is 13.4 Å². The first-order valence-electron chi connectivity index (χ1n) is 8.16. The van der Waals surface area contributed by atoms with Crippen molar-refractivity contribution in [3.8, 4) is 0 Å². The van der Waals surface area contributed by atoms with E-state index in [2.05, 4.69) is 9.71 Å². The van der Waals surface area contributed by atoms with Crippen LogP contribution >= 0.6 is 0 Å². The molecular formula is C18H23N2O2S+. The molecule has 0 bridgehead atoms. The summed E-state index contributed by atoms with van der Waals surface area (Å²) in [4.78, 5) is 3.21. The first kappa shape index (κ1) is 16.0. The van der Waals surface area contributed by atoms with E-state index < -0.39 is 10.0 Å². The summed E-state index contributed by atoms with van der Waals surface area (Å²) in [6.45, 7) is 1.92. The molecule has 0 saturated heterocycles. The highest BCUT2D eigenvalue weighted by atomic mass is 32.2. The molecule has 0 unspecified atom stereocenters. The van der Waals surface area contributed by atoms with Gasteiger partial charge in [0.25, 0.3) is 5.82 Å². The minimum atomic E-state index is -3.56. The lowest BCUT2D eigenvalue weighted by molar-refractivity contribution is -0.360. The summed E-state index contributed by atoms with van der Waals surface area (Å²) in [7, 11) is -3.56. The molecule has 1 aliphatic carbocycles. The van der Waals surface area contributed by atoms with E-state index in [1.54, 1.807) is 24.4 Å². The zero-order valence-corrected chi connectivity index (χ0v) is 14.2. The van der Waals surface area contributed by atoms with E-state index in [1.807, 2.05) is 25.1 Å². The number of benzene rings is 1. The van der Waals surface area contributed by atoms with Gasteiger partial charge in [0, 0.05) is 6.07 Å². The highest BCUT2D eigenvalue weighted by Gasteiger charge is 2.21. The highest BCUT2D eigenvalue weighted by molar-refractivity contribution is 7.92. The highest BCUT2D eigenvalue weighted by Crippen LogP contribution is 2.32. The number of hydrogen-bond acceptors (Lipinski definition) is 2. The summed E-state index contributed by atoms with van der Waals surface area (Å²) >= 11 is 0. The predicted molar refractivity (Wildman–Crippen MR) is 90.8 cm³/mol. The monoisotopic (exact) mass is 331 g/mol. The van der Waals surface area contributed by atoms with Gasteiger partial charge in [-0.2, -0.15) is 13.1 Å². The number of rotatable bonds is 4. The summed E-state index contributed by atoms with van der Waals surface area (Å²) in [5.41, 5.74) is 2.25. The third kappa shape index (κ3) is 3.91. The first-order valence-corrected chi connectivity index (χ1v) is 9.64. The molecule has 1 fully saturated rings. The second-order valence-corrected chi connectivity index (χ2v) is 7.97. The lowest BCUT2D eigenvalue weighted by atomic mass is 9.84. The van der Waals surface area contributed by atoms with Crippen molar-refractivity contribution in [3.63, 3.8) is 0 Å². The van der Waals surface area contributed by atoms with Crippen molar-refractivity contribution in [1.29, 1.82) is 0 Å². The maximum atomic E-state index is 12.5. The van der Waals surface area contributed by atoms with E-state index in [0.29, 0.717) is 16.6 Å². The Balaban J connectivity index is 1.77. The van der Waals surface area contributed by atoms with Crippen LogP contribution in [0.15, 0.2) is 47.5 Å². The number of anilines is 1. The van der Waals surface area contributed by atoms with Gasteiger partial charge < -0.3 is 0 Å².